The fourth-order valence-electron chi connectivity index (χ4n) is 5.76. The quantitative estimate of drug-likeness (QED) is 0.151. The summed E-state index contributed by atoms with van der Waals surface area (Å²) in [6.07, 6.45) is 1.29. The van der Waals surface area contributed by atoms with Crippen LogP contribution in [0.1, 0.15) is 29.0 Å². The molecule has 1 aliphatic rings. The zero-order valence-electron chi connectivity index (χ0n) is 25.5. The summed E-state index contributed by atoms with van der Waals surface area (Å²) in [5.41, 5.74) is 3.88. The van der Waals surface area contributed by atoms with Gasteiger partial charge in [0.2, 0.25) is 5.91 Å². The number of methoxy groups -OCH3 is 1. The van der Waals surface area contributed by atoms with E-state index in [2.05, 4.69) is 11.9 Å². The second kappa shape index (κ2) is 12.8. The molecule has 1 N–H and O–H groups in total. The molecular formula is C34H31F2N5O4S. The number of rotatable bonds is 9. The maximum atomic E-state index is 16.0. The van der Waals surface area contributed by atoms with Crippen molar-refractivity contribution in [1.29, 1.82) is 0 Å². The van der Waals surface area contributed by atoms with Gasteiger partial charge in [-0.3, -0.25) is 14.3 Å². The second-order valence-corrected chi connectivity index (χ2v) is 11.6. The molecule has 1 unspecified atom stereocenters. The standard InChI is InChI=1S/C34H31F2N5O4S/c1-5-28(42)40-11-12-41-26(19(40)2)18-25(39-41)32-30(29-24(36)16-22(35)17-27(29)45-14-13-44-4)33-23(10-15-46-33)31(38-32)20-6-8-21(9-7-20)34(43)37-3/h5-10,15-19H,1,11-14H2,2-4H3,(H,37,43). The van der Waals surface area contributed by atoms with Crippen molar-refractivity contribution < 1.29 is 27.8 Å². The molecule has 236 valence electrons. The van der Waals surface area contributed by atoms with Crippen LogP contribution in [0.5, 0.6) is 5.75 Å². The fraction of sp³-hybridized carbons (Fsp3) is 0.235. The minimum Gasteiger partial charge on any atom is -0.490 e. The second-order valence-electron chi connectivity index (χ2n) is 10.7. The molecule has 9 nitrogen and oxygen atoms in total. The Kier molecular flexibility index (Phi) is 8.65. The predicted molar refractivity (Wildman–Crippen MR) is 173 cm³/mol. The summed E-state index contributed by atoms with van der Waals surface area (Å²) in [6, 6.07) is 12.5. The Bertz CT molecular complexity index is 1970. The molecule has 2 aromatic carbocycles. The van der Waals surface area contributed by atoms with Crippen molar-refractivity contribution in [2.24, 2.45) is 0 Å². The van der Waals surface area contributed by atoms with Crippen LogP contribution in [-0.2, 0) is 16.1 Å². The third-order valence-electron chi connectivity index (χ3n) is 8.03. The number of aromatic nitrogens is 3. The molecule has 1 aliphatic heterocycles. The van der Waals surface area contributed by atoms with E-state index in [-0.39, 0.29) is 42.4 Å². The molecule has 0 fully saturated rings. The molecule has 0 saturated carbocycles. The summed E-state index contributed by atoms with van der Waals surface area (Å²) in [6.45, 7) is 6.71. The summed E-state index contributed by atoms with van der Waals surface area (Å²) < 4.78 is 44.1. The lowest BCUT2D eigenvalue weighted by Gasteiger charge is -2.33. The van der Waals surface area contributed by atoms with Crippen molar-refractivity contribution in [1.82, 2.24) is 25.0 Å². The first-order valence-corrected chi connectivity index (χ1v) is 15.5. The molecule has 46 heavy (non-hydrogen) atoms. The van der Waals surface area contributed by atoms with Crippen molar-refractivity contribution in [2.75, 3.05) is 33.9 Å². The number of carbonyl (C=O) groups excluding carboxylic acids is 2. The number of thiophene rings is 1. The average molecular weight is 644 g/mol. The molecule has 0 saturated heterocycles. The Morgan fingerprint density at radius 1 is 1.09 bits per heavy atom. The maximum Gasteiger partial charge on any atom is 0.251 e. The first-order valence-electron chi connectivity index (χ1n) is 14.6. The van der Waals surface area contributed by atoms with Gasteiger partial charge < -0.3 is 19.7 Å². The molecule has 6 rings (SSSR count). The van der Waals surface area contributed by atoms with Crippen molar-refractivity contribution in [2.45, 2.75) is 19.5 Å². The zero-order valence-corrected chi connectivity index (χ0v) is 26.3. The number of carbonyl (C=O) groups is 2. The van der Waals surface area contributed by atoms with E-state index >= 15 is 4.39 Å². The van der Waals surface area contributed by atoms with Crippen molar-refractivity contribution in [3.63, 3.8) is 0 Å². The molecule has 2 amide bonds. The number of hydrogen-bond acceptors (Lipinski definition) is 7. The van der Waals surface area contributed by atoms with E-state index in [1.54, 1.807) is 24.1 Å². The lowest BCUT2D eigenvalue weighted by atomic mass is 9.96. The van der Waals surface area contributed by atoms with E-state index in [1.165, 1.54) is 24.5 Å². The monoisotopic (exact) mass is 643 g/mol. The zero-order chi connectivity index (χ0) is 32.5. The van der Waals surface area contributed by atoms with Gasteiger partial charge in [-0.1, -0.05) is 18.7 Å². The van der Waals surface area contributed by atoms with Crippen LogP contribution in [0.25, 0.3) is 43.9 Å². The van der Waals surface area contributed by atoms with Gasteiger partial charge in [-0.2, -0.15) is 5.10 Å². The number of nitrogens with zero attached hydrogens (tertiary/aromatic N) is 4. The predicted octanol–water partition coefficient (Wildman–Crippen LogP) is 6.25. The highest BCUT2D eigenvalue weighted by molar-refractivity contribution is 7.18. The average Bonchev–Trinajstić information content (AvgIpc) is 3.72. The number of pyridine rings is 1. The molecule has 1 atom stereocenters. The summed E-state index contributed by atoms with van der Waals surface area (Å²) in [7, 11) is 3.08. The Balaban J connectivity index is 1.61. The van der Waals surface area contributed by atoms with Crippen LogP contribution in [0, 0.1) is 11.6 Å². The molecule has 0 bridgehead atoms. The number of amides is 2. The summed E-state index contributed by atoms with van der Waals surface area (Å²) >= 11 is 1.39. The van der Waals surface area contributed by atoms with Gasteiger partial charge in [0.25, 0.3) is 5.91 Å². The number of nitrogens with one attached hydrogen (secondary N) is 1. The van der Waals surface area contributed by atoms with E-state index in [1.807, 2.05) is 41.3 Å². The maximum absolute atomic E-state index is 16.0. The minimum atomic E-state index is -0.812. The van der Waals surface area contributed by atoms with Gasteiger partial charge >= 0.3 is 0 Å². The van der Waals surface area contributed by atoms with Crippen LogP contribution in [0.2, 0.25) is 0 Å². The van der Waals surface area contributed by atoms with Gasteiger partial charge in [0.1, 0.15) is 35.4 Å². The Morgan fingerprint density at radius 3 is 2.59 bits per heavy atom. The van der Waals surface area contributed by atoms with Crippen molar-refractivity contribution >= 4 is 33.2 Å². The molecule has 0 spiro atoms. The van der Waals surface area contributed by atoms with Gasteiger partial charge in [-0.15, -0.1) is 11.3 Å². The van der Waals surface area contributed by atoms with Crippen LogP contribution in [0.3, 0.4) is 0 Å². The SMILES string of the molecule is C=CC(=O)N1CCn2nc(-c3nc(-c4ccc(C(=O)NC)cc4)c4ccsc4c3-c3c(F)cc(F)cc3OCCOC)cc2C1C. The lowest BCUT2D eigenvalue weighted by Crippen LogP contribution is -2.40. The molecular weight excluding hydrogens is 612 g/mol. The molecule has 5 aromatic rings. The van der Waals surface area contributed by atoms with E-state index in [0.29, 0.717) is 46.0 Å². The van der Waals surface area contributed by atoms with Gasteiger partial charge in [0.15, 0.2) is 0 Å². The molecule has 12 heteroatoms. The Hall–Kier alpha value is -4.94. The lowest BCUT2D eigenvalue weighted by molar-refractivity contribution is -0.129. The summed E-state index contributed by atoms with van der Waals surface area (Å²) in [5, 5.41) is 10.1. The number of halogens is 2. The molecule has 0 aliphatic carbocycles. The summed E-state index contributed by atoms with van der Waals surface area (Å²) in [5.74, 6) is -1.99. The van der Waals surface area contributed by atoms with Gasteiger partial charge in [-0.05, 0) is 42.6 Å². The van der Waals surface area contributed by atoms with Crippen LogP contribution in [0.15, 0.2) is 66.6 Å². The minimum absolute atomic E-state index is 0.00933. The topological polar surface area (TPSA) is 98.6 Å². The van der Waals surface area contributed by atoms with Crippen molar-refractivity contribution in [3.05, 3.63) is 89.5 Å². The third-order valence-corrected chi connectivity index (χ3v) is 8.96. The number of fused-ring (bicyclic) bond motifs is 2. The number of benzene rings is 2. The first kappa shape index (κ1) is 31.1. The number of hydrogen-bond donors (Lipinski definition) is 1. The van der Waals surface area contributed by atoms with E-state index in [9.17, 15) is 14.0 Å². The van der Waals surface area contributed by atoms with E-state index < -0.39 is 11.6 Å². The first-order chi connectivity index (χ1) is 22.2. The van der Waals surface area contributed by atoms with Gasteiger partial charge in [0.05, 0.1) is 36.1 Å². The van der Waals surface area contributed by atoms with E-state index in [4.69, 9.17) is 19.6 Å². The number of ether oxygens (including phenoxy) is 2. The van der Waals surface area contributed by atoms with Gasteiger partial charge in [-0.25, -0.2) is 13.8 Å². The van der Waals surface area contributed by atoms with Crippen LogP contribution >= 0.6 is 11.3 Å². The smallest absolute Gasteiger partial charge is 0.251 e. The highest BCUT2D eigenvalue weighted by Gasteiger charge is 2.31. The fourth-order valence-corrected chi connectivity index (χ4v) is 6.71. The highest BCUT2D eigenvalue weighted by atomic mass is 32.1. The normalized spacial score (nSPS) is 14.3. The largest absolute Gasteiger partial charge is 0.490 e. The van der Waals surface area contributed by atoms with Crippen LogP contribution in [-0.4, -0.2) is 65.4 Å². The molecule has 3 aromatic heterocycles. The van der Waals surface area contributed by atoms with Crippen molar-refractivity contribution in [3.8, 4) is 39.5 Å². The van der Waals surface area contributed by atoms with Crippen LogP contribution in [0.4, 0.5) is 8.78 Å². The third kappa shape index (κ3) is 5.54. The Labute approximate surface area is 268 Å². The molecule has 0 radical (unpaired) electrons. The highest BCUT2D eigenvalue weighted by Crippen LogP contribution is 2.47. The van der Waals surface area contributed by atoms with Gasteiger partial charge in [0, 0.05) is 59.6 Å². The van der Waals surface area contributed by atoms with E-state index in [0.717, 1.165) is 28.8 Å². The van der Waals surface area contributed by atoms with Crippen LogP contribution < -0.4 is 10.1 Å². The summed E-state index contributed by atoms with van der Waals surface area (Å²) in [4.78, 5) is 31.6. The Morgan fingerprint density at radius 2 is 1.87 bits per heavy atom. The molecule has 4 heterocycles.